The predicted molar refractivity (Wildman–Crippen MR) is 63.9 cm³/mol. The first-order valence-corrected chi connectivity index (χ1v) is 5.68. The zero-order valence-electron chi connectivity index (χ0n) is 9.94. The lowest BCUT2D eigenvalue weighted by atomic mass is 10.2. The molecule has 2 aromatic heterocycles. The van der Waals surface area contributed by atoms with Crippen molar-refractivity contribution in [2.45, 2.75) is 6.10 Å². The summed E-state index contributed by atoms with van der Waals surface area (Å²) in [5.41, 5.74) is 0.792. The van der Waals surface area contributed by atoms with Crippen LogP contribution in [0, 0.1) is 11.3 Å². The van der Waals surface area contributed by atoms with Crippen LogP contribution in [0.25, 0.3) is 11.0 Å². The van der Waals surface area contributed by atoms with Gasteiger partial charge in [-0.1, -0.05) is 0 Å². The second-order valence-electron chi connectivity index (χ2n) is 4.14. The number of hydrogen-bond acceptors (Lipinski definition) is 6. The van der Waals surface area contributed by atoms with Gasteiger partial charge in [0.25, 0.3) is 0 Å². The molecule has 18 heavy (non-hydrogen) atoms. The Bertz CT molecular complexity index is 616. The van der Waals surface area contributed by atoms with Crippen LogP contribution >= 0.6 is 0 Å². The maximum absolute atomic E-state index is 8.92. The minimum absolute atomic E-state index is 0.402. The Hall–Kier alpha value is -2.20. The van der Waals surface area contributed by atoms with E-state index in [2.05, 4.69) is 21.1 Å². The molecule has 3 rings (SSSR count). The molecule has 1 aliphatic heterocycles. The second kappa shape index (κ2) is 4.23. The topological polar surface area (TPSA) is 79.9 Å². The molecule has 0 radical (unpaired) electrons. The van der Waals surface area contributed by atoms with Gasteiger partial charge < -0.3 is 9.64 Å². The van der Waals surface area contributed by atoms with Crippen LogP contribution in [0.4, 0.5) is 5.82 Å². The van der Waals surface area contributed by atoms with Gasteiger partial charge in [0, 0.05) is 13.6 Å². The van der Waals surface area contributed by atoms with Crippen LogP contribution < -0.4 is 4.90 Å². The fourth-order valence-corrected chi connectivity index (χ4v) is 2.12. The average molecular weight is 244 g/mol. The van der Waals surface area contributed by atoms with Crippen LogP contribution in [0.5, 0.6) is 0 Å². The number of aryl methyl sites for hydroxylation is 1. The molecule has 7 nitrogen and oxygen atoms in total. The predicted octanol–water partition coefficient (Wildman–Crippen LogP) is 0.0921. The van der Waals surface area contributed by atoms with Gasteiger partial charge in [-0.05, 0) is 0 Å². The van der Waals surface area contributed by atoms with Crippen molar-refractivity contribution in [1.82, 2.24) is 19.7 Å². The molecule has 0 aliphatic carbocycles. The van der Waals surface area contributed by atoms with E-state index < -0.39 is 6.10 Å². The van der Waals surface area contributed by atoms with E-state index in [9.17, 15) is 0 Å². The van der Waals surface area contributed by atoms with Gasteiger partial charge in [-0.2, -0.15) is 10.4 Å². The van der Waals surface area contributed by atoms with E-state index in [4.69, 9.17) is 10.00 Å². The minimum Gasteiger partial charge on any atom is -0.360 e. The van der Waals surface area contributed by atoms with Gasteiger partial charge in [-0.3, -0.25) is 4.68 Å². The quantitative estimate of drug-likeness (QED) is 0.707. The first-order valence-electron chi connectivity index (χ1n) is 5.68. The summed E-state index contributed by atoms with van der Waals surface area (Å²) in [6, 6.07) is 2.13. The molecule has 0 saturated carbocycles. The Kier molecular flexibility index (Phi) is 2.57. The van der Waals surface area contributed by atoms with Crippen LogP contribution in [0.15, 0.2) is 12.5 Å². The number of hydrogen-bond donors (Lipinski definition) is 0. The van der Waals surface area contributed by atoms with Gasteiger partial charge in [0.2, 0.25) is 0 Å². The lowest BCUT2D eigenvalue weighted by molar-refractivity contribution is 0.0762. The number of anilines is 1. The highest BCUT2D eigenvalue weighted by atomic mass is 16.5. The molecule has 0 bridgehead atoms. The van der Waals surface area contributed by atoms with E-state index in [1.165, 1.54) is 6.33 Å². The SMILES string of the molecule is Cn1ncc2c(N3CCOC(C#N)C3)ncnc21. The second-order valence-corrected chi connectivity index (χ2v) is 4.14. The van der Waals surface area contributed by atoms with Crippen molar-refractivity contribution in [2.75, 3.05) is 24.6 Å². The average Bonchev–Trinajstić information content (AvgIpc) is 2.81. The van der Waals surface area contributed by atoms with Gasteiger partial charge in [0.15, 0.2) is 11.8 Å². The van der Waals surface area contributed by atoms with Gasteiger partial charge in [0.1, 0.15) is 12.1 Å². The van der Waals surface area contributed by atoms with Crippen molar-refractivity contribution in [3.63, 3.8) is 0 Å². The van der Waals surface area contributed by atoms with E-state index in [1.807, 2.05) is 11.9 Å². The van der Waals surface area contributed by atoms with Crippen molar-refractivity contribution in [3.8, 4) is 6.07 Å². The molecular weight excluding hydrogens is 232 g/mol. The van der Waals surface area contributed by atoms with Crippen molar-refractivity contribution >= 4 is 16.9 Å². The number of morpholine rings is 1. The van der Waals surface area contributed by atoms with Gasteiger partial charge in [0.05, 0.1) is 30.8 Å². The fourth-order valence-electron chi connectivity index (χ4n) is 2.12. The summed E-state index contributed by atoms with van der Waals surface area (Å²) >= 11 is 0. The number of aromatic nitrogens is 4. The zero-order chi connectivity index (χ0) is 12.5. The molecule has 0 amide bonds. The highest BCUT2D eigenvalue weighted by Crippen LogP contribution is 2.23. The summed E-state index contributed by atoms with van der Waals surface area (Å²) in [5, 5.41) is 14.0. The van der Waals surface area contributed by atoms with Crippen LogP contribution in [0.2, 0.25) is 0 Å². The number of ether oxygens (including phenoxy) is 1. The van der Waals surface area contributed by atoms with Crippen molar-refractivity contribution in [3.05, 3.63) is 12.5 Å². The summed E-state index contributed by atoms with van der Waals surface area (Å²) in [5.74, 6) is 0.816. The standard InChI is InChI=1S/C11H12N6O/c1-16-10-9(5-15-16)11(14-7-13-10)17-2-3-18-8(4-12)6-17/h5,7-8H,2-3,6H2,1H3. The smallest absolute Gasteiger partial charge is 0.163 e. The molecule has 1 fully saturated rings. The Labute approximate surface area is 104 Å². The molecular formula is C11H12N6O. The van der Waals surface area contributed by atoms with Gasteiger partial charge in [-0.25, -0.2) is 9.97 Å². The van der Waals surface area contributed by atoms with Crippen molar-refractivity contribution in [2.24, 2.45) is 7.05 Å². The first-order chi connectivity index (χ1) is 8.79. The number of nitrogens with zero attached hydrogens (tertiary/aromatic N) is 6. The Morgan fingerprint density at radius 2 is 2.39 bits per heavy atom. The van der Waals surface area contributed by atoms with E-state index in [-0.39, 0.29) is 0 Å². The van der Waals surface area contributed by atoms with Crippen LogP contribution in [0.1, 0.15) is 0 Å². The third kappa shape index (κ3) is 1.67. The number of nitriles is 1. The monoisotopic (exact) mass is 244 g/mol. The Morgan fingerprint density at radius 1 is 1.50 bits per heavy atom. The molecule has 0 N–H and O–H groups in total. The Balaban J connectivity index is 2.01. The lowest BCUT2D eigenvalue weighted by Gasteiger charge is -2.30. The molecule has 92 valence electrons. The van der Waals surface area contributed by atoms with E-state index in [1.54, 1.807) is 10.9 Å². The minimum atomic E-state index is -0.402. The molecule has 0 spiro atoms. The van der Waals surface area contributed by atoms with Crippen molar-refractivity contribution < 1.29 is 4.74 Å². The maximum atomic E-state index is 8.92. The molecule has 7 heteroatoms. The van der Waals surface area contributed by atoms with Gasteiger partial charge >= 0.3 is 0 Å². The molecule has 0 aromatic carbocycles. The molecule has 1 unspecified atom stereocenters. The summed E-state index contributed by atoms with van der Waals surface area (Å²) < 4.78 is 7.04. The molecule has 2 aromatic rings. The van der Waals surface area contributed by atoms with Gasteiger partial charge in [-0.15, -0.1) is 0 Å². The first kappa shape index (κ1) is 10.9. The lowest BCUT2D eigenvalue weighted by Crippen LogP contribution is -2.42. The highest BCUT2D eigenvalue weighted by molar-refractivity contribution is 5.86. The molecule has 1 atom stereocenters. The fraction of sp³-hybridized carbons (Fsp3) is 0.455. The summed E-state index contributed by atoms with van der Waals surface area (Å²) in [6.07, 6.45) is 2.87. The third-order valence-electron chi connectivity index (χ3n) is 3.02. The zero-order valence-corrected chi connectivity index (χ0v) is 9.94. The maximum Gasteiger partial charge on any atom is 0.163 e. The Morgan fingerprint density at radius 3 is 3.22 bits per heavy atom. The van der Waals surface area contributed by atoms with Crippen LogP contribution in [-0.2, 0) is 11.8 Å². The molecule has 1 aliphatic rings. The van der Waals surface area contributed by atoms with E-state index in [0.717, 1.165) is 23.4 Å². The van der Waals surface area contributed by atoms with E-state index >= 15 is 0 Å². The third-order valence-corrected chi connectivity index (χ3v) is 3.02. The summed E-state index contributed by atoms with van der Waals surface area (Å²) in [6.45, 7) is 1.78. The molecule has 1 saturated heterocycles. The van der Waals surface area contributed by atoms with E-state index in [0.29, 0.717) is 13.2 Å². The summed E-state index contributed by atoms with van der Waals surface area (Å²) in [7, 11) is 1.84. The number of fused-ring (bicyclic) bond motifs is 1. The molecule has 3 heterocycles. The van der Waals surface area contributed by atoms with Crippen LogP contribution in [0.3, 0.4) is 0 Å². The largest absolute Gasteiger partial charge is 0.360 e. The van der Waals surface area contributed by atoms with Crippen molar-refractivity contribution in [1.29, 1.82) is 5.26 Å². The number of rotatable bonds is 1. The summed E-state index contributed by atoms with van der Waals surface area (Å²) in [4.78, 5) is 10.6. The van der Waals surface area contributed by atoms with Crippen LogP contribution in [-0.4, -0.2) is 45.5 Å². The normalized spacial score (nSPS) is 20.0. The highest BCUT2D eigenvalue weighted by Gasteiger charge is 2.23.